The van der Waals surface area contributed by atoms with Crippen molar-refractivity contribution < 1.29 is 5.11 Å². The summed E-state index contributed by atoms with van der Waals surface area (Å²) in [7, 11) is 0. The van der Waals surface area contributed by atoms with Crippen molar-refractivity contribution >= 4 is 11.3 Å². The Morgan fingerprint density at radius 3 is 2.50 bits per heavy atom. The highest BCUT2D eigenvalue weighted by Crippen LogP contribution is 2.30. The number of benzene rings is 1. The SMILES string of the molecule is OC(CCc1ccsc1)C1Cc2ccccc2C1. The predicted molar refractivity (Wildman–Crippen MR) is 76.0 cm³/mol. The molecule has 0 radical (unpaired) electrons. The molecule has 94 valence electrons. The van der Waals surface area contributed by atoms with E-state index in [1.165, 1.54) is 16.7 Å². The minimum Gasteiger partial charge on any atom is -0.393 e. The van der Waals surface area contributed by atoms with Crippen LogP contribution in [0.25, 0.3) is 0 Å². The van der Waals surface area contributed by atoms with Gasteiger partial charge >= 0.3 is 0 Å². The van der Waals surface area contributed by atoms with E-state index in [9.17, 15) is 5.11 Å². The quantitative estimate of drug-likeness (QED) is 0.890. The summed E-state index contributed by atoms with van der Waals surface area (Å²) >= 11 is 1.73. The fourth-order valence-electron chi connectivity index (χ4n) is 2.85. The monoisotopic (exact) mass is 258 g/mol. The first-order valence-corrected chi connectivity index (χ1v) is 7.53. The second kappa shape index (κ2) is 5.25. The van der Waals surface area contributed by atoms with Gasteiger partial charge in [0, 0.05) is 0 Å². The van der Waals surface area contributed by atoms with Gasteiger partial charge in [-0.1, -0.05) is 24.3 Å². The topological polar surface area (TPSA) is 20.2 Å². The standard InChI is InChI=1S/C16H18OS/c17-16(6-5-12-7-8-18-11-12)15-9-13-3-1-2-4-14(13)10-15/h1-4,7-8,11,15-17H,5-6,9-10H2. The Hall–Kier alpha value is -1.12. The normalized spacial score (nSPS) is 16.7. The Morgan fingerprint density at radius 1 is 1.17 bits per heavy atom. The minimum atomic E-state index is -0.169. The van der Waals surface area contributed by atoms with Crippen LogP contribution < -0.4 is 0 Å². The third kappa shape index (κ3) is 2.50. The average Bonchev–Trinajstić information content (AvgIpc) is 3.04. The zero-order valence-corrected chi connectivity index (χ0v) is 11.2. The number of aryl methyl sites for hydroxylation is 1. The Morgan fingerprint density at radius 2 is 1.89 bits per heavy atom. The first-order chi connectivity index (χ1) is 8.83. The lowest BCUT2D eigenvalue weighted by Gasteiger charge is -2.17. The molecule has 1 aromatic heterocycles. The molecule has 0 saturated carbocycles. The maximum atomic E-state index is 10.3. The second-order valence-corrected chi connectivity index (χ2v) is 5.95. The molecule has 2 heteroatoms. The van der Waals surface area contributed by atoms with Crippen molar-refractivity contribution in [3.8, 4) is 0 Å². The van der Waals surface area contributed by atoms with E-state index >= 15 is 0 Å². The summed E-state index contributed by atoms with van der Waals surface area (Å²) < 4.78 is 0. The molecule has 0 amide bonds. The van der Waals surface area contributed by atoms with Gasteiger partial charge in [0.1, 0.15) is 0 Å². The molecule has 0 saturated heterocycles. The lowest BCUT2D eigenvalue weighted by molar-refractivity contribution is 0.104. The molecule has 1 atom stereocenters. The summed E-state index contributed by atoms with van der Waals surface area (Å²) in [4.78, 5) is 0. The largest absolute Gasteiger partial charge is 0.393 e. The Bertz CT molecular complexity index is 479. The van der Waals surface area contributed by atoms with Crippen molar-refractivity contribution in [2.24, 2.45) is 5.92 Å². The fraction of sp³-hybridized carbons (Fsp3) is 0.375. The minimum absolute atomic E-state index is 0.169. The van der Waals surface area contributed by atoms with Crippen LogP contribution in [0.3, 0.4) is 0 Å². The molecule has 1 aliphatic rings. The number of thiophene rings is 1. The molecule has 0 spiro atoms. The van der Waals surface area contributed by atoms with Crippen LogP contribution >= 0.6 is 11.3 Å². The van der Waals surface area contributed by atoms with Crippen molar-refractivity contribution in [2.45, 2.75) is 31.8 Å². The number of fused-ring (bicyclic) bond motifs is 1. The molecule has 1 aromatic carbocycles. The van der Waals surface area contributed by atoms with Crippen molar-refractivity contribution in [3.05, 3.63) is 57.8 Å². The highest BCUT2D eigenvalue weighted by Gasteiger charge is 2.26. The summed E-state index contributed by atoms with van der Waals surface area (Å²) in [6, 6.07) is 10.7. The Balaban J connectivity index is 1.57. The van der Waals surface area contributed by atoms with Crippen LogP contribution in [0.1, 0.15) is 23.1 Å². The molecule has 0 bridgehead atoms. The van der Waals surface area contributed by atoms with Gasteiger partial charge in [0.05, 0.1) is 6.10 Å². The fourth-order valence-corrected chi connectivity index (χ4v) is 3.55. The second-order valence-electron chi connectivity index (χ2n) is 5.17. The lowest BCUT2D eigenvalue weighted by Crippen LogP contribution is -2.21. The third-order valence-corrected chi connectivity index (χ3v) is 4.67. The molecule has 1 nitrogen and oxygen atoms in total. The molecule has 18 heavy (non-hydrogen) atoms. The number of rotatable bonds is 4. The van der Waals surface area contributed by atoms with Gasteiger partial charge in [-0.25, -0.2) is 0 Å². The van der Waals surface area contributed by atoms with Crippen LogP contribution in [-0.2, 0) is 19.3 Å². The van der Waals surface area contributed by atoms with Crippen molar-refractivity contribution in [1.29, 1.82) is 0 Å². The van der Waals surface area contributed by atoms with Gasteiger partial charge in [0.25, 0.3) is 0 Å². The van der Waals surface area contributed by atoms with E-state index in [-0.39, 0.29) is 6.10 Å². The average molecular weight is 258 g/mol. The summed E-state index contributed by atoms with van der Waals surface area (Å²) in [5.74, 6) is 0.418. The number of aliphatic hydroxyl groups excluding tert-OH is 1. The van der Waals surface area contributed by atoms with Crippen molar-refractivity contribution in [3.63, 3.8) is 0 Å². The van der Waals surface area contributed by atoms with Crippen molar-refractivity contribution in [2.75, 3.05) is 0 Å². The summed E-state index contributed by atoms with van der Waals surface area (Å²) in [5, 5.41) is 14.6. The summed E-state index contributed by atoms with van der Waals surface area (Å²) in [5.41, 5.74) is 4.21. The van der Waals surface area contributed by atoms with Crippen molar-refractivity contribution in [1.82, 2.24) is 0 Å². The first-order valence-electron chi connectivity index (χ1n) is 6.59. The molecule has 1 heterocycles. The zero-order valence-electron chi connectivity index (χ0n) is 10.4. The van der Waals surface area contributed by atoms with Crippen LogP contribution in [0.5, 0.6) is 0 Å². The molecule has 1 aliphatic carbocycles. The number of hydrogen-bond donors (Lipinski definition) is 1. The molecule has 3 rings (SSSR count). The van der Waals surface area contributed by atoms with E-state index in [0.717, 1.165) is 25.7 Å². The van der Waals surface area contributed by atoms with E-state index in [4.69, 9.17) is 0 Å². The zero-order chi connectivity index (χ0) is 12.4. The van der Waals surface area contributed by atoms with E-state index in [1.54, 1.807) is 11.3 Å². The Kier molecular flexibility index (Phi) is 3.48. The maximum Gasteiger partial charge on any atom is 0.0577 e. The first kappa shape index (κ1) is 11.9. The van der Waals surface area contributed by atoms with Gasteiger partial charge in [-0.05, 0) is 65.1 Å². The number of hydrogen-bond acceptors (Lipinski definition) is 2. The maximum absolute atomic E-state index is 10.3. The number of aliphatic hydroxyl groups is 1. The Labute approximate surface area is 112 Å². The van der Waals surface area contributed by atoms with Gasteiger partial charge in [-0.2, -0.15) is 11.3 Å². The molecule has 0 aliphatic heterocycles. The van der Waals surface area contributed by atoms with E-state index in [2.05, 4.69) is 41.1 Å². The molecule has 1 N–H and O–H groups in total. The van der Waals surface area contributed by atoms with Crippen LogP contribution in [0, 0.1) is 5.92 Å². The summed E-state index contributed by atoms with van der Waals surface area (Å²) in [6.07, 6.45) is 3.80. The highest BCUT2D eigenvalue weighted by molar-refractivity contribution is 7.07. The lowest BCUT2D eigenvalue weighted by atomic mass is 9.94. The van der Waals surface area contributed by atoms with E-state index < -0.39 is 0 Å². The molecular weight excluding hydrogens is 240 g/mol. The van der Waals surface area contributed by atoms with Gasteiger partial charge in [0.15, 0.2) is 0 Å². The summed E-state index contributed by atoms with van der Waals surface area (Å²) in [6.45, 7) is 0. The van der Waals surface area contributed by atoms with E-state index in [0.29, 0.717) is 5.92 Å². The van der Waals surface area contributed by atoms with Crippen LogP contribution in [0.4, 0.5) is 0 Å². The molecule has 1 unspecified atom stereocenters. The van der Waals surface area contributed by atoms with Gasteiger partial charge < -0.3 is 5.11 Å². The molecule has 0 fully saturated rings. The van der Waals surface area contributed by atoms with Crippen LogP contribution in [0.15, 0.2) is 41.1 Å². The predicted octanol–water partition coefficient (Wildman–Crippen LogP) is 3.46. The van der Waals surface area contributed by atoms with Gasteiger partial charge in [0.2, 0.25) is 0 Å². The van der Waals surface area contributed by atoms with Gasteiger partial charge in [-0.15, -0.1) is 0 Å². The highest BCUT2D eigenvalue weighted by atomic mass is 32.1. The van der Waals surface area contributed by atoms with Crippen LogP contribution in [-0.4, -0.2) is 11.2 Å². The van der Waals surface area contributed by atoms with E-state index in [1.807, 2.05) is 0 Å². The molecular formula is C16H18OS. The van der Waals surface area contributed by atoms with Gasteiger partial charge in [-0.3, -0.25) is 0 Å². The molecule has 2 aromatic rings. The third-order valence-electron chi connectivity index (χ3n) is 3.94. The smallest absolute Gasteiger partial charge is 0.0577 e. The van der Waals surface area contributed by atoms with Crippen LogP contribution in [0.2, 0.25) is 0 Å².